The molecule has 6 nitrogen and oxygen atoms in total. The van der Waals surface area contributed by atoms with Crippen molar-refractivity contribution >= 4 is 21.7 Å². The molecule has 2 N–H and O–H groups in total. The molecule has 0 spiro atoms. The molecule has 23 heavy (non-hydrogen) atoms. The number of aliphatic carboxylic acids is 1. The first-order valence-corrected chi connectivity index (χ1v) is 8.46. The van der Waals surface area contributed by atoms with Crippen molar-refractivity contribution < 1.29 is 23.1 Å². The van der Waals surface area contributed by atoms with E-state index in [4.69, 9.17) is 4.74 Å². The number of carboxylic acids is 1. The van der Waals surface area contributed by atoms with Gasteiger partial charge in [0, 0.05) is 17.5 Å². The molecule has 0 aliphatic heterocycles. The Bertz CT molecular complexity index is 776. The minimum Gasteiger partial charge on any atom is -0.500 e. The van der Waals surface area contributed by atoms with E-state index in [1.54, 1.807) is 44.2 Å². The van der Waals surface area contributed by atoms with Crippen LogP contribution in [0, 0.1) is 5.41 Å². The highest BCUT2D eigenvalue weighted by Crippen LogP contribution is 2.42. The van der Waals surface area contributed by atoms with E-state index >= 15 is 0 Å². The summed E-state index contributed by atoms with van der Waals surface area (Å²) >= 11 is 0. The number of benzene rings is 1. The Hall–Kier alpha value is -2.28. The zero-order valence-electron chi connectivity index (χ0n) is 13.2. The summed E-state index contributed by atoms with van der Waals surface area (Å²) in [6, 6.07) is 8.45. The lowest BCUT2D eigenvalue weighted by molar-refractivity contribution is -0.132. The van der Waals surface area contributed by atoms with Gasteiger partial charge in [0.2, 0.25) is 0 Å². The molecule has 0 heterocycles. The standard InChI is InChI=1S/C16H19NO5S/c1-16(2)10-13(22-3)12(15(18)19)9-14(16)23(20,21)17-11-7-5-4-6-8-11/h4-9,17H,10H2,1-3H3,(H,18,19). The van der Waals surface area contributed by atoms with Crippen LogP contribution in [0.25, 0.3) is 0 Å². The van der Waals surface area contributed by atoms with Gasteiger partial charge in [-0.15, -0.1) is 0 Å². The largest absolute Gasteiger partial charge is 0.500 e. The Morgan fingerprint density at radius 2 is 1.87 bits per heavy atom. The second kappa shape index (κ2) is 6.08. The first-order valence-electron chi connectivity index (χ1n) is 6.98. The maximum atomic E-state index is 12.7. The fourth-order valence-electron chi connectivity index (χ4n) is 2.51. The summed E-state index contributed by atoms with van der Waals surface area (Å²) < 4.78 is 33.0. The Kier molecular flexibility index (Phi) is 4.51. The minimum absolute atomic E-state index is 0.0204. The Morgan fingerprint density at radius 3 is 2.39 bits per heavy atom. The number of methoxy groups -OCH3 is 1. The Morgan fingerprint density at radius 1 is 1.26 bits per heavy atom. The quantitative estimate of drug-likeness (QED) is 0.862. The molecule has 0 unspecified atom stereocenters. The number of carboxylic acid groups (broad SMARTS) is 1. The van der Waals surface area contributed by atoms with Crippen molar-refractivity contribution in [3.63, 3.8) is 0 Å². The van der Waals surface area contributed by atoms with Crippen LogP contribution in [0.3, 0.4) is 0 Å². The zero-order chi connectivity index (χ0) is 17.3. The average molecular weight is 337 g/mol. The van der Waals surface area contributed by atoms with Gasteiger partial charge in [0.1, 0.15) is 5.76 Å². The molecule has 0 radical (unpaired) electrons. The summed E-state index contributed by atoms with van der Waals surface area (Å²) in [7, 11) is -2.51. The Labute approximate surface area is 135 Å². The van der Waals surface area contributed by atoms with Crippen LogP contribution in [0.2, 0.25) is 0 Å². The number of hydrogen-bond acceptors (Lipinski definition) is 4. The number of para-hydroxylation sites is 1. The fourth-order valence-corrected chi connectivity index (χ4v) is 4.14. The van der Waals surface area contributed by atoms with E-state index in [1.807, 2.05) is 0 Å². The van der Waals surface area contributed by atoms with Crippen LogP contribution in [0.5, 0.6) is 0 Å². The lowest BCUT2D eigenvalue weighted by Crippen LogP contribution is -2.30. The number of hydrogen-bond donors (Lipinski definition) is 2. The molecule has 7 heteroatoms. The number of rotatable bonds is 5. The van der Waals surface area contributed by atoms with E-state index < -0.39 is 21.4 Å². The van der Waals surface area contributed by atoms with Crippen molar-refractivity contribution in [2.24, 2.45) is 5.41 Å². The number of anilines is 1. The molecule has 0 fully saturated rings. The van der Waals surface area contributed by atoms with E-state index in [-0.39, 0.29) is 22.7 Å². The molecular weight excluding hydrogens is 318 g/mol. The maximum Gasteiger partial charge on any atom is 0.339 e. The van der Waals surface area contributed by atoms with Gasteiger partial charge in [0.15, 0.2) is 0 Å². The van der Waals surface area contributed by atoms with Gasteiger partial charge in [-0.3, -0.25) is 4.72 Å². The van der Waals surface area contributed by atoms with Crippen LogP contribution < -0.4 is 4.72 Å². The molecule has 1 aromatic rings. The number of carbonyl (C=O) groups is 1. The summed E-state index contributed by atoms with van der Waals surface area (Å²) in [5.74, 6) is -0.953. The highest BCUT2D eigenvalue weighted by molar-refractivity contribution is 7.96. The molecule has 0 atom stereocenters. The Balaban J connectivity index is 2.50. The van der Waals surface area contributed by atoms with Gasteiger partial charge in [0.05, 0.1) is 17.6 Å². The van der Waals surface area contributed by atoms with Gasteiger partial charge in [0.25, 0.3) is 10.0 Å². The van der Waals surface area contributed by atoms with Crippen molar-refractivity contribution in [3.05, 3.63) is 52.6 Å². The minimum atomic E-state index is -3.88. The molecule has 0 saturated heterocycles. The van der Waals surface area contributed by atoms with Gasteiger partial charge in [-0.05, 0) is 18.2 Å². The zero-order valence-corrected chi connectivity index (χ0v) is 14.0. The third-order valence-corrected chi connectivity index (χ3v) is 5.39. The lowest BCUT2D eigenvalue weighted by atomic mass is 9.82. The number of allylic oxidation sites excluding steroid dienone is 2. The van der Waals surface area contributed by atoms with Gasteiger partial charge in [-0.2, -0.15) is 0 Å². The van der Waals surface area contributed by atoms with Crippen molar-refractivity contribution in [1.82, 2.24) is 0 Å². The summed E-state index contributed by atoms with van der Waals surface area (Å²) in [5, 5.41) is 9.29. The van der Waals surface area contributed by atoms with Gasteiger partial charge in [-0.1, -0.05) is 32.0 Å². The van der Waals surface area contributed by atoms with Crippen molar-refractivity contribution in [3.8, 4) is 0 Å². The summed E-state index contributed by atoms with van der Waals surface area (Å²) in [6.07, 6.45) is 1.36. The second-order valence-corrected chi connectivity index (χ2v) is 7.54. The highest BCUT2D eigenvalue weighted by Gasteiger charge is 2.39. The molecule has 0 aromatic heterocycles. The number of nitrogens with one attached hydrogen (secondary N) is 1. The van der Waals surface area contributed by atoms with Crippen LogP contribution in [0.15, 0.2) is 52.6 Å². The fraction of sp³-hybridized carbons (Fsp3) is 0.312. The van der Waals surface area contributed by atoms with Gasteiger partial charge in [-0.25, -0.2) is 13.2 Å². The topological polar surface area (TPSA) is 92.7 Å². The molecule has 1 aliphatic rings. The smallest absolute Gasteiger partial charge is 0.339 e. The maximum absolute atomic E-state index is 12.7. The number of ether oxygens (including phenoxy) is 1. The number of sulfonamides is 1. The lowest BCUT2D eigenvalue weighted by Gasteiger charge is -2.32. The highest BCUT2D eigenvalue weighted by atomic mass is 32.2. The van der Waals surface area contributed by atoms with Crippen LogP contribution in [-0.4, -0.2) is 26.6 Å². The van der Waals surface area contributed by atoms with E-state index in [0.29, 0.717) is 5.69 Å². The van der Waals surface area contributed by atoms with E-state index in [1.165, 1.54) is 13.2 Å². The van der Waals surface area contributed by atoms with Crippen LogP contribution in [0.4, 0.5) is 5.69 Å². The van der Waals surface area contributed by atoms with E-state index in [9.17, 15) is 18.3 Å². The molecule has 0 bridgehead atoms. The third kappa shape index (κ3) is 3.56. The first-order chi connectivity index (χ1) is 10.7. The van der Waals surface area contributed by atoms with Crippen LogP contribution in [0.1, 0.15) is 20.3 Å². The van der Waals surface area contributed by atoms with Crippen molar-refractivity contribution in [2.45, 2.75) is 20.3 Å². The molecular formula is C16H19NO5S. The predicted molar refractivity (Wildman–Crippen MR) is 87.1 cm³/mol. The van der Waals surface area contributed by atoms with Crippen LogP contribution >= 0.6 is 0 Å². The molecule has 124 valence electrons. The molecule has 1 aromatic carbocycles. The van der Waals surface area contributed by atoms with E-state index in [0.717, 1.165) is 0 Å². The monoisotopic (exact) mass is 337 g/mol. The third-order valence-electron chi connectivity index (χ3n) is 3.64. The van der Waals surface area contributed by atoms with E-state index in [2.05, 4.69) is 4.72 Å². The van der Waals surface area contributed by atoms with Crippen molar-refractivity contribution in [2.75, 3.05) is 11.8 Å². The molecule has 2 rings (SSSR count). The molecule has 0 saturated carbocycles. The normalized spacial score (nSPS) is 17.4. The average Bonchev–Trinajstić information content (AvgIpc) is 2.45. The molecule has 1 aliphatic carbocycles. The molecule has 0 amide bonds. The summed E-state index contributed by atoms with van der Waals surface area (Å²) in [5.41, 5.74) is -0.506. The second-order valence-electron chi connectivity index (χ2n) is 5.89. The predicted octanol–water partition coefficient (Wildman–Crippen LogP) is 2.73. The van der Waals surface area contributed by atoms with Gasteiger partial charge >= 0.3 is 5.97 Å². The van der Waals surface area contributed by atoms with Gasteiger partial charge < -0.3 is 9.84 Å². The summed E-state index contributed by atoms with van der Waals surface area (Å²) in [6.45, 7) is 3.47. The first kappa shape index (κ1) is 17.1. The summed E-state index contributed by atoms with van der Waals surface area (Å²) in [4.78, 5) is 11.4. The van der Waals surface area contributed by atoms with Crippen molar-refractivity contribution in [1.29, 1.82) is 0 Å². The SMILES string of the molecule is COC1=C(C(=O)O)C=C(S(=O)(=O)Nc2ccccc2)C(C)(C)C1. The van der Waals surface area contributed by atoms with Crippen LogP contribution in [-0.2, 0) is 19.6 Å².